The van der Waals surface area contributed by atoms with Crippen LogP contribution in [0.3, 0.4) is 0 Å². The third-order valence-electron chi connectivity index (χ3n) is 3.21. The summed E-state index contributed by atoms with van der Waals surface area (Å²) >= 11 is 0. The Hall–Kier alpha value is -2.10. The average molecular weight is 271 g/mol. The fourth-order valence-electron chi connectivity index (χ4n) is 2.18. The summed E-state index contributed by atoms with van der Waals surface area (Å²) in [6.45, 7) is 5.41. The van der Waals surface area contributed by atoms with Crippen LogP contribution in [0.1, 0.15) is 29.8 Å². The lowest BCUT2D eigenvalue weighted by atomic mass is 10.2. The first-order valence-electron chi connectivity index (χ1n) is 6.97. The standard InChI is InChI=1S/C16H21N3O/c1-13-11-14(2)19(18-13)10-6-9-16(20)17-12-15-7-4-3-5-8-15/h3-5,7-8,11H,6,9-10,12H2,1-2H3,(H,17,20). The summed E-state index contributed by atoms with van der Waals surface area (Å²) in [4.78, 5) is 11.8. The van der Waals surface area contributed by atoms with Gasteiger partial charge in [0.15, 0.2) is 0 Å². The molecule has 0 unspecified atom stereocenters. The number of carbonyl (C=O) groups is 1. The van der Waals surface area contributed by atoms with E-state index in [2.05, 4.69) is 16.5 Å². The molecule has 1 amide bonds. The second-order valence-corrected chi connectivity index (χ2v) is 5.02. The van der Waals surface area contributed by atoms with Crippen LogP contribution in [0.15, 0.2) is 36.4 Å². The molecular weight excluding hydrogens is 250 g/mol. The maximum atomic E-state index is 11.8. The predicted molar refractivity (Wildman–Crippen MR) is 79.2 cm³/mol. The third kappa shape index (κ3) is 4.23. The molecular formula is C16H21N3O. The minimum Gasteiger partial charge on any atom is -0.352 e. The van der Waals surface area contributed by atoms with E-state index < -0.39 is 0 Å². The molecule has 0 aliphatic rings. The van der Waals surface area contributed by atoms with Crippen molar-refractivity contribution in [3.63, 3.8) is 0 Å². The Kier molecular flexibility index (Phi) is 4.93. The average Bonchev–Trinajstić information content (AvgIpc) is 2.76. The van der Waals surface area contributed by atoms with E-state index in [9.17, 15) is 4.79 Å². The highest BCUT2D eigenvalue weighted by Gasteiger charge is 2.04. The first kappa shape index (κ1) is 14.3. The van der Waals surface area contributed by atoms with Crippen molar-refractivity contribution in [1.82, 2.24) is 15.1 Å². The maximum absolute atomic E-state index is 11.8. The highest BCUT2D eigenvalue weighted by molar-refractivity contribution is 5.75. The Morgan fingerprint density at radius 1 is 1.25 bits per heavy atom. The zero-order valence-corrected chi connectivity index (χ0v) is 12.1. The zero-order chi connectivity index (χ0) is 14.4. The Bertz CT molecular complexity index is 560. The van der Waals surface area contributed by atoms with Crippen LogP contribution in [0.2, 0.25) is 0 Å². The molecule has 0 fully saturated rings. The van der Waals surface area contributed by atoms with Crippen LogP contribution < -0.4 is 5.32 Å². The number of aryl methyl sites for hydroxylation is 3. The number of carbonyl (C=O) groups excluding carboxylic acids is 1. The second kappa shape index (κ2) is 6.89. The van der Waals surface area contributed by atoms with Gasteiger partial charge in [-0.05, 0) is 31.9 Å². The van der Waals surface area contributed by atoms with E-state index in [4.69, 9.17) is 0 Å². The van der Waals surface area contributed by atoms with Gasteiger partial charge in [-0.1, -0.05) is 30.3 Å². The smallest absolute Gasteiger partial charge is 0.220 e. The van der Waals surface area contributed by atoms with Crippen molar-refractivity contribution in [2.45, 2.75) is 39.8 Å². The first-order chi connectivity index (χ1) is 9.65. The van der Waals surface area contributed by atoms with Gasteiger partial charge >= 0.3 is 0 Å². The fourth-order valence-corrected chi connectivity index (χ4v) is 2.18. The number of nitrogens with one attached hydrogen (secondary N) is 1. The third-order valence-corrected chi connectivity index (χ3v) is 3.21. The van der Waals surface area contributed by atoms with Crippen LogP contribution in [0, 0.1) is 13.8 Å². The molecule has 1 heterocycles. The van der Waals surface area contributed by atoms with Gasteiger partial charge in [-0.25, -0.2) is 0 Å². The molecule has 0 saturated carbocycles. The Morgan fingerprint density at radius 2 is 2.00 bits per heavy atom. The fraction of sp³-hybridized carbons (Fsp3) is 0.375. The normalized spacial score (nSPS) is 10.5. The van der Waals surface area contributed by atoms with Gasteiger partial charge in [0.25, 0.3) is 0 Å². The number of amides is 1. The van der Waals surface area contributed by atoms with Crippen LogP contribution in [-0.4, -0.2) is 15.7 Å². The van der Waals surface area contributed by atoms with Gasteiger partial charge in [-0.2, -0.15) is 5.10 Å². The van der Waals surface area contributed by atoms with Gasteiger partial charge in [0.2, 0.25) is 5.91 Å². The molecule has 0 spiro atoms. The van der Waals surface area contributed by atoms with E-state index in [1.807, 2.05) is 48.9 Å². The van der Waals surface area contributed by atoms with E-state index >= 15 is 0 Å². The molecule has 0 radical (unpaired) electrons. The largest absolute Gasteiger partial charge is 0.352 e. The molecule has 0 bridgehead atoms. The van der Waals surface area contributed by atoms with Crippen LogP contribution in [0.4, 0.5) is 0 Å². The Morgan fingerprint density at radius 3 is 2.65 bits per heavy atom. The molecule has 1 N–H and O–H groups in total. The number of benzene rings is 1. The van der Waals surface area contributed by atoms with Gasteiger partial charge < -0.3 is 5.32 Å². The lowest BCUT2D eigenvalue weighted by Gasteiger charge is -2.06. The molecule has 1 aromatic heterocycles. The summed E-state index contributed by atoms with van der Waals surface area (Å²) in [7, 11) is 0. The molecule has 2 aromatic rings. The van der Waals surface area contributed by atoms with Gasteiger partial charge in [0.1, 0.15) is 0 Å². The number of hydrogen-bond donors (Lipinski definition) is 1. The minimum absolute atomic E-state index is 0.0929. The Labute approximate surface area is 119 Å². The van der Waals surface area contributed by atoms with E-state index in [1.54, 1.807) is 0 Å². The van der Waals surface area contributed by atoms with Gasteiger partial charge in [-0.3, -0.25) is 9.48 Å². The predicted octanol–water partition coefficient (Wildman–Crippen LogP) is 2.60. The summed E-state index contributed by atoms with van der Waals surface area (Å²) in [5.41, 5.74) is 3.29. The highest BCUT2D eigenvalue weighted by atomic mass is 16.1. The van der Waals surface area contributed by atoms with Crippen molar-refractivity contribution in [3.8, 4) is 0 Å². The van der Waals surface area contributed by atoms with Gasteiger partial charge in [0.05, 0.1) is 5.69 Å². The van der Waals surface area contributed by atoms with E-state index in [0.717, 1.165) is 29.9 Å². The van der Waals surface area contributed by atoms with Crippen LogP contribution in [0.5, 0.6) is 0 Å². The van der Waals surface area contributed by atoms with Crippen molar-refractivity contribution >= 4 is 5.91 Å². The second-order valence-electron chi connectivity index (χ2n) is 5.02. The quantitative estimate of drug-likeness (QED) is 0.878. The van der Waals surface area contributed by atoms with E-state index in [-0.39, 0.29) is 5.91 Å². The molecule has 0 aliphatic carbocycles. The lowest BCUT2D eigenvalue weighted by Crippen LogP contribution is -2.22. The summed E-state index contributed by atoms with van der Waals surface area (Å²) in [5, 5.41) is 7.32. The van der Waals surface area contributed by atoms with Crippen LogP contribution in [-0.2, 0) is 17.9 Å². The highest BCUT2D eigenvalue weighted by Crippen LogP contribution is 2.04. The van der Waals surface area contributed by atoms with Gasteiger partial charge in [-0.15, -0.1) is 0 Å². The van der Waals surface area contributed by atoms with Gasteiger partial charge in [0, 0.05) is 25.2 Å². The molecule has 0 atom stereocenters. The molecule has 4 nitrogen and oxygen atoms in total. The SMILES string of the molecule is Cc1cc(C)n(CCCC(=O)NCc2ccccc2)n1. The van der Waals surface area contributed by atoms with Crippen molar-refractivity contribution in [2.24, 2.45) is 0 Å². The summed E-state index contributed by atoms with van der Waals surface area (Å²) < 4.78 is 1.96. The summed E-state index contributed by atoms with van der Waals surface area (Å²) in [6.07, 6.45) is 1.34. The number of hydrogen-bond acceptors (Lipinski definition) is 2. The van der Waals surface area contributed by atoms with Crippen molar-refractivity contribution in [2.75, 3.05) is 0 Å². The molecule has 0 saturated heterocycles. The van der Waals surface area contributed by atoms with Crippen LogP contribution in [0.25, 0.3) is 0 Å². The summed E-state index contributed by atoms with van der Waals surface area (Å²) in [6, 6.07) is 12.0. The number of nitrogens with zero attached hydrogens (tertiary/aromatic N) is 2. The summed E-state index contributed by atoms with van der Waals surface area (Å²) in [5.74, 6) is 0.0929. The zero-order valence-electron chi connectivity index (χ0n) is 12.1. The Balaban J connectivity index is 1.69. The van der Waals surface area contributed by atoms with Crippen LogP contribution >= 0.6 is 0 Å². The van der Waals surface area contributed by atoms with Crippen molar-refractivity contribution in [3.05, 3.63) is 53.3 Å². The molecule has 0 aliphatic heterocycles. The molecule has 20 heavy (non-hydrogen) atoms. The van der Waals surface area contributed by atoms with Crippen molar-refractivity contribution < 1.29 is 4.79 Å². The first-order valence-corrected chi connectivity index (χ1v) is 6.97. The van der Waals surface area contributed by atoms with E-state index in [1.165, 1.54) is 0 Å². The molecule has 2 rings (SSSR count). The number of aromatic nitrogens is 2. The topological polar surface area (TPSA) is 46.9 Å². The molecule has 4 heteroatoms. The lowest BCUT2D eigenvalue weighted by molar-refractivity contribution is -0.121. The number of rotatable bonds is 6. The monoisotopic (exact) mass is 271 g/mol. The molecule has 106 valence electrons. The minimum atomic E-state index is 0.0929. The van der Waals surface area contributed by atoms with E-state index in [0.29, 0.717) is 13.0 Å². The maximum Gasteiger partial charge on any atom is 0.220 e. The molecule has 1 aromatic carbocycles. The van der Waals surface area contributed by atoms with Crippen molar-refractivity contribution in [1.29, 1.82) is 0 Å².